The third kappa shape index (κ3) is 4.63. The number of pyridine rings is 1. The van der Waals surface area contributed by atoms with Gasteiger partial charge >= 0.3 is 5.69 Å². The summed E-state index contributed by atoms with van der Waals surface area (Å²) < 4.78 is 34.0. The van der Waals surface area contributed by atoms with Crippen LogP contribution in [0.15, 0.2) is 47.9 Å². The monoisotopic (exact) mass is 634 g/mol. The number of phenols is 1. The number of nitrogens with zero attached hydrogens (tertiary/aromatic N) is 6. The van der Waals surface area contributed by atoms with E-state index in [1.807, 2.05) is 30.6 Å². The molecule has 2 aliphatic heterocycles. The Kier molecular flexibility index (Phi) is 7.55. The second-order valence-corrected chi connectivity index (χ2v) is 12.4. The maximum Gasteiger partial charge on any atom is 0.354 e. The molecule has 0 spiro atoms. The Labute approximate surface area is 264 Å². The highest BCUT2D eigenvalue weighted by Crippen LogP contribution is 2.50. The van der Waals surface area contributed by atoms with Gasteiger partial charge in [0, 0.05) is 44.5 Å². The minimum absolute atomic E-state index is 0.143. The number of hydrogen-bond acceptors (Lipinski definition) is 7. The van der Waals surface area contributed by atoms with Crippen LogP contribution in [0.1, 0.15) is 37.9 Å². The largest absolute Gasteiger partial charge is 0.507 e. The Hall–Kier alpha value is -4.51. The minimum Gasteiger partial charge on any atom is -0.507 e. The van der Waals surface area contributed by atoms with E-state index in [-0.39, 0.29) is 57.8 Å². The molecule has 9 nitrogen and oxygen atoms in total. The predicted molar refractivity (Wildman–Crippen MR) is 172 cm³/mol. The summed E-state index contributed by atoms with van der Waals surface area (Å²) in [5.41, 5.74) is 0.167. The molecule has 234 valence electrons. The quantitative estimate of drug-likeness (QED) is 0.294. The number of likely N-dealkylation sites (N-methyl/N-ethyl adjacent to an activating group) is 1. The van der Waals surface area contributed by atoms with Gasteiger partial charge in [0.15, 0.2) is 5.82 Å². The Morgan fingerprint density at radius 1 is 1.16 bits per heavy atom. The van der Waals surface area contributed by atoms with E-state index in [4.69, 9.17) is 11.6 Å². The number of piperazine rings is 1. The van der Waals surface area contributed by atoms with Crippen molar-refractivity contribution in [2.24, 2.45) is 0 Å². The molecule has 0 aliphatic carbocycles. The van der Waals surface area contributed by atoms with Crippen LogP contribution in [0.5, 0.6) is 5.75 Å². The zero-order valence-electron chi connectivity index (χ0n) is 25.6. The molecule has 2 unspecified atom stereocenters. The summed E-state index contributed by atoms with van der Waals surface area (Å²) in [5.74, 6) is -2.54. The van der Waals surface area contributed by atoms with Gasteiger partial charge in [-0.3, -0.25) is 14.3 Å². The van der Waals surface area contributed by atoms with Crippen molar-refractivity contribution in [3.63, 3.8) is 0 Å². The number of anilines is 2. The van der Waals surface area contributed by atoms with Gasteiger partial charge in [0.05, 0.1) is 39.1 Å². The van der Waals surface area contributed by atoms with Gasteiger partial charge in [-0.05, 0) is 49.6 Å². The normalized spacial score (nSPS) is 17.9. The molecule has 1 amide bonds. The van der Waals surface area contributed by atoms with Gasteiger partial charge in [0.2, 0.25) is 5.91 Å². The summed E-state index contributed by atoms with van der Waals surface area (Å²) in [4.78, 5) is 41.5. The Balaban J connectivity index is 1.80. The summed E-state index contributed by atoms with van der Waals surface area (Å²) in [5, 5.41) is 10.9. The number of fused-ring (bicyclic) bond motifs is 2. The molecule has 0 radical (unpaired) electrons. The average molecular weight is 635 g/mol. The molecule has 1 saturated heterocycles. The number of aromatic nitrogens is 3. The first kappa shape index (κ1) is 30.5. The molecule has 2 aromatic heterocycles. The summed E-state index contributed by atoms with van der Waals surface area (Å²) >= 11 is 7.04. The molecule has 4 aromatic rings. The predicted octanol–water partition coefficient (Wildman–Crippen LogP) is 5.56. The van der Waals surface area contributed by atoms with Crippen molar-refractivity contribution in [1.82, 2.24) is 19.4 Å². The fraction of sp³-hybridized carbons (Fsp3) is 0.333. The fourth-order valence-electron chi connectivity index (χ4n) is 6.70. The van der Waals surface area contributed by atoms with Crippen LogP contribution in [0.4, 0.5) is 20.3 Å². The van der Waals surface area contributed by atoms with Crippen LogP contribution in [0, 0.1) is 18.6 Å². The van der Waals surface area contributed by atoms with Crippen LogP contribution in [-0.4, -0.2) is 69.2 Å². The maximum atomic E-state index is 17.4. The molecule has 2 atom stereocenters. The Morgan fingerprint density at radius 3 is 2.56 bits per heavy atom. The summed E-state index contributed by atoms with van der Waals surface area (Å²) in [6.07, 6.45) is 2.89. The second kappa shape index (κ2) is 11.1. The number of carbonyl (C=O) groups is 1. The van der Waals surface area contributed by atoms with Crippen molar-refractivity contribution in [3.05, 3.63) is 81.5 Å². The topological polar surface area (TPSA) is 94.8 Å². The van der Waals surface area contributed by atoms with E-state index in [9.17, 15) is 14.7 Å². The Bertz CT molecular complexity index is 1940. The zero-order chi connectivity index (χ0) is 32.5. The van der Waals surface area contributed by atoms with Crippen molar-refractivity contribution in [1.29, 1.82) is 0 Å². The number of halogens is 3. The first-order chi connectivity index (χ1) is 21.4. The molecule has 0 bridgehead atoms. The molecule has 1 N–H and O–H groups in total. The first-order valence-corrected chi connectivity index (χ1v) is 15.1. The van der Waals surface area contributed by atoms with Crippen molar-refractivity contribution in [2.45, 2.75) is 45.7 Å². The number of hydrogen-bond donors (Lipinski definition) is 1. The van der Waals surface area contributed by atoms with E-state index < -0.39 is 28.6 Å². The average Bonchev–Trinajstić information content (AvgIpc) is 3.10. The number of phenolic OH excluding ortho intramolecular Hbond substituents is 1. The lowest BCUT2D eigenvalue weighted by Crippen LogP contribution is -2.61. The minimum atomic E-state index is -0.988. The van der Waals surface area contributed by atoms with E-state index in [0.29, 0.717) is 35.7 Å². The van der Waals surface area contributed by atoms with Gasteiger partial charge < -0.3 is 19.8 Å². The lowest BCUT2D eigenvalue weighted by Gasteiger charge is -2.45. The maximum absolute atomic E-state index is 17.4. The van der Waals surface area contributed by atoms with Crippen LogP contribution in [0.25, 0.3) is 27.7 Å². The van der Waals surface area contributed by atoms with E-state index in [0.717, 1.165) is 6.07 Å². The van der Waals surface area contributed by atoms with Crippen molar-refractivity contribution >= 4 is 39.9 Å². The van der Waals surface area contributed by atoms with E-state index in [1.165, 1.54) is 22.8 Å². The standard InChI is InChI=1S/C33H33ClF2N6O3/c1-7-22(44)40-15-19-14-39(6)30-25-31(27(36)24(26(30)34)23-20(35)9-8-10-21(23)43)42(29-17(4)11-12-37-28(29)16(2)3)33(45)38-32(25)41(19)13-18(40)5/h7-12,16,18-19,43H,1,13-15H2,2-6H3. The highest BCUT2D eigenvalue weighted by Gasteiger charge is 2.41. The molecule has 45 heavy (non-hydrogen) atoms. The molecular weight excluding hydrogens is 602 g/mol. The van der Waals surface area contributed by atoms with Crippen LogP contribution in [0.3, 0.4) is 0 Å². The van der Waals surface area contributed by atoms with Gasteiger partial charge in [-0.2, -0.15) is 4.98 Å². The fourth-order valence-corrected chi connectivity index (χ4v) is 7.12. The van der Waals surface area contributed by atoms with Crippen LogP contribution in [0.2, 0.25) is 5.02 Å². The number of aryl methyl sites for hydroxylation is 1. The van der Waals surface area contributed by atoms with Gasteiger partial charge in [-0.15, -0.1) is 0 Å². The van der Waals surface area contributed by atoms with Crippen molar-refractivity contribution in [3.8, 4) is 22.6 Å². The molecule has 6 rings (SSSR count). The lowest BCUT2D eigenvalue weighted by atomic mass is 9.98. The second-order valence-electron chi connectivity index (χ2n) is 12.0. The number of benzene rings is 2. The van der Waals surface area contributed by atoms with Gasteiger partial charge in [0.1, 0.15) is 22.9 Å². The van der Waals surface area contributed by atoms with E-state index in [2.05, 4.69) is 16.5 Å². The van der Waals surface area contributed by atoms with Crippen molar-refractivity contribution < 1.29 is 18.7 Å². The number of rotatable bonds is 4. The zero-order valence-corrected chi connectivity index (χ0v) is 26.4. The van der Waals surface area contributed by atoms with Crippen LogP contribution < -0.4 is 15.5 Å². The summed E-state index contributed by atoms with van der Waals surface area (Å²) in [6, 6.07) is 4.76. The van der Waals surface area contributed by atoms with Crippen LogP contribution >= 0.6 is 11.6 Å². The van der Waals surface area contributed by atoms with E-state index in [1.54, 1.807) is 31.1 Å². The first-order valence-electron chi connectivity index (χ1n) is 14.7. The molecule has 0 saturated carbocycles. The van der Waals surface area contributed by atoms with Gasteiger partial charge in [-0.1, -0.05) is 38.1 Å². The smallest absolute Gasteiger partial charge is 0.354 e. The third-order valence-corrected chi connectivity index (χ3v) is 9.14. The van der Waals surface area contributed by atoms with Crippen LogP contribution in [-0.2, 0) is 4.79 Å². The molecule has 4 heterocycles. The molecule has 2 aromatic carbocycles. The number of amides is 1. The van der Waals surface area contributed by atoms with E-state index >= 15 is 8.78 Å². The van der Waals surface area contributed by atoms with Gasteiger partial charge in [0.25, 0.3) is 0 Å². The Morgan fingerprint density at radius 2 is 1.89 bits per heavy atom. The summed E-state index contributed by atoms with van der Waals surface area (Å²) in [7, 11) is 1.76. The highest BCUT2D eigenvalue weighted by molar-refractivity contribution is 6.38. The highest BCUT2D eigenvalue weighted by atomic mass is 35.5. The van der Waals surface area contributed by atoms with Crippen molar-refractivity contribution in [2.75, 3.05) is 36.5 Å². The molecule has 2 aliphatic rings. The molecule has 1 fully saturated rings. The third-order valence-electron chi connectivity index (χ3n) is 8.77. The summed E-state index contributed by atoms with van der Waals surface area (Å²) in [6.45, 7) is 12.1. The van der Waals surface area contributed by atoms with Gasteiger partial charge in [-0.25, -0.2) is 13.6 Å². The SMILES string of the molecule is C=CC(=O)N1CC2CN(C)c3c(Cl)c(-c4c(O)cccc4F)c(F)c4c3c(nc(=O)n4-c3c(C)ccnc3C(C)C)N2CC1C. The molecule has 12 heteroatoms. The molecular formula is C33H33ClF2N6O3. The lowest BCUT2D eigenvalue weighted by molar-refractivity contribution is -0.128. The number of carbonyl (C=O) groups excluding carboxylic acids is 1. The number of aromatic hydroxyl groups is 1.